The monoisotopic (exact) mass is 381 g/mol. The molecule has 9 nitrogen and oxygen atoms in total. The molecule has 10 heteroatoms. The van der Waals surface area contributed by atoms with Crippen molar-refractivity contribution in [1.29, 1.82) is 0 Å². The van der Waals surface area contributed by atoms with Crippen LogP contribution in [0.4, 0.5) is 0 Å². The Morgan fingerprint density at radius 2 is 2.23 bits per heavy atom. The van der Waals surface area contributed by atoms with Gasteiger partial charge < -0.3 is 10.1 Å². The van der Waals surface area contributed by atoms with Crippen LogP contribution < -0.4 is 5.32 Å². The first kappa shape index (κ1) is 18.7. The highest BCUT2D eigenvalue weighted by atomic mass is 32.2. The Balaban J connectivity index is 1.77. The van der Waals surface area contributed by atoms with Crippen molar-refractivity contribution in [3.63, 3.8) is 0 Å². The maximum Gasteiger partial charge on any atom is 0.221 e. The van der Waals surface area contributed by atoms with Gasteiger partial charge in [-0.05, 0) is 6.92 Å². The number of fused-ring (bicyclic) bond motifs is 1. The molecule has 1 N–H and O–H groups in total. The van der Waals surface area contributed by atoms with Crippen LogP contribution >= 0.6 is 0 Å². The standard InChI is InChI=1S/C16H23N5O4S/c1-3-17-15(22)6-13-11-25-5-4-20(13)9-12-7-18-16-14(26(2,23)24)8-19-21(16)10-12/h7-8,10,13H,3-6,9,11H2,1-2H3,(H,17,22)/t13-/m0/s1. The van der Waals surface area contributed by atoms with E-state index in [-0.39, 0.29) is 16.8 Å². The summed E-state index contributed by atoms with van der Waals surface area (Å²) >= 11 is 0. The predicted molar refractivity (Wildman–Crippen MR) is 94.4 cm³/mol. The fourth-order valence-electron chi connectivity index (χ4n) is 3.04. The van der Waals surface area contributed by atoms with E-state index >= 15 is 0 Å². The van der Waals surface area contributed by atoms with Gasteiger partial charge in [-0.1, -0.05) is 0 Å². The minimum absolute atomic E-state index is 0.00445. The van der Waals surface area contributed by atoms with Gasteiger partial charge in [-0.3, -0.25) is 9.69 Å². The van der Waals surface area contributed by atoms with Gasteiger partial charge in [0.2, 0.25) is 5.91 Å². The molecule has 2 aromatic rings. The van der Waals surface area contributed by atoms with Crippen LogP contribution in [0.5, 0.6) is 0 Å². The number of rotatable bonds is 6. The average Bonchev–Trinajstić information content (AvgIpc) is 3.00. The van der Waals surface area contributed by atoms with Gasteiger partial charge >= 0.3 is 0 Å². The molecule has 0 bridgehead atoms. The van der Waals surface area contributed by atoms with E-state index in [2.05, 4.69) is 20.3 Å². The van der Waals surface area contributed by atoms with Crippen molar-refractivity contribution in [3.05, 3.63) is 24.2 Å². The Kier molecular flexibility index (Phi) is 5.54. The molecule has 1 atom stereocenters. The Morgan fingerprint density at radius 3 is 2.96 bits per heavy atom. The molecule has 1 saturated heterocycles. The molecule has 1 aliphatic rings. The number of morpholine rings is 1. The number of hydrogen-bond donors (Lipinski definition) is 1. The summed E-state index contributed by atoms with van der Waals surface area (Å²) < 4.78 is 30.5. The topological polar surface area (TPSA) is 106 Å². The van der Waals surface area contributed by atoms with E-state index in [9.17, 15) is 13.2 Å². The number of ether oxygens (including phenoxy) is 1. The summed E-state index contributed by atoms with van der Waals surface area (Å²) in [5.74, 6) is 0.00597. The van der Waals surface area contributed by atoms with Gasteiger partial charge in [0, 0.05) is 56.3 Å². The molecule has 1 fully saturated rings. The number of sulfone groups is 1. The van der Waals surface area contributed by atoms with Gasteiger partial charge in [0.25, 0.3) is 0 Å². The third-order valence-corrected chi connectivity index (χ3v) is 5.39. The molecule has 1 amide bonds. The SMILES string of the molecule is CCNC(=O)C[C@H]1COCCN1Cc1cnc2c(S(C)(=O)=O)cnn2c1. The lowest BCUT2D eigenvalue weighted by molar-refractivity contribution is -0.124. The van der Waals surface area contributed by atoms with Gasteiger partial charge in [-0.2, -0.15) is 5.10 Å². The molecule has 0 unspecified atom stereocenters. The number of hydrogen-bond acceptors (Lipinski definition) is 7. The van der Waals surface area contributed by atoms with Crippen LogP contribution in [0.1, 0.15) is 18.9 Å². The molecular formula is C16H23N5O4S. The van der Waals surface area contributed by atoms with E-state index in [1.165, 1.54) is 10.7 Å². The van der Waals surface area contributed by atoms with E-state index in [4.69, 9.17) is 4.74 Å². The van der Waals surface area contributed by atoms with Gasteiger partial charge in [-0.15, -0.1) is 0 Å². The maximum absolute atomic E-state index is 11.9. The van der Waals surface area contributed by atoms with E-state index in [0.29, 0.717) is 38.4 Å². The molecule has 0 radical (unpaired) electrons. The van der Waals surface area contributed by atoms with Crippen LogP contribution in [0.15, 0.2) is 23.5 Å². The van der Waals surface area contributed by atoms with Crippen molar-refractivity contribution in [2.75, 3.05) is 32.6 Å². The lowest BCUT2D eigenvalue weighted by atomic mass is 10.1. The van der Waals surface area contributed by atoms with Crippen LogP contribution in [-0.4, -0.2) is 72.4 Å². The minimum atomic E-state index is -3.37. The maximum atomic E-state index is 11.9. The Bertz CT molecular complexity index is 895. The average molecular weight is 381 g/mol. The quantitative estimate of drug-likeness (QED) is 0.742. The van der Waals surface area contributed by atoms with Gasteiger partial charge in [-0.25, -0.2) is 17.9 Å². The summed E-state index contributed by atoms with van der Waals surface area (Å²) in [6.07, 6.45) is 6.26. The Hall–Kier alpha value is -2.04. The fourth-order valence-corrected chi connectivity index (χ4v) is 3.75. The highest BCUT2D eigenvalue weighted by molar-refractivity contribution is 7.90. The Labute approximate surface area is 152 Å². The van der Waals surface area contributed by atoms with Gasteiger partial charge in [0.05, 0.1) is 19.4 Å². The van der Waals surface area contributed by atoms with Crippen LogP contribution in [0.25, 0.3) is 5.65 Å². The minimum Gasteiger partial charge on any atom is -0.378 e. The van der Waals surface area contributed by atoms with Crippen molar-refractivity contribution < 1.29 is 17.9 Å². The summed E-state index contributed by atoms with van der Waals surface area (Å²) in [5, 5.41) is 6.91. The second-order valence-electron chi connectivity index (χ2n) is 6.37. The zero-order valence-electron chi connectivity index (χ0n) is 14.9. The van der Waals surface area contributed by atoms with Crippen LogP contribution in [0.2, 0.25) is 0 Å². The fraction of sp³-hybridized carbons (Fsp3) is 0.562. The normalized spacial score (nSPS) is 18.9. The summed E-state index contributed by atoms with van der Waals surface area (Å²) in [7, 11) is -3.37. The van der Waals surface area contributed by atoms with E-state index < -0.39 is 9.84 Å². The third-order valence-electron chi connectivity index (χ3n) is 4.31. The van der Waals surface area contributed by atoms with Crippen molar-refractivity contribution in [2.24, 2.45) is 0 Å². The highest BCUT2D eigenvalue weighted by Crippen LogP contribution is 2.18. The lowest BCUT2D eigenvalue weighted by Gasteiger charge is -2.35. The van der Waals surface area contributed by atoms with Crippen LogP contribution in [0, 0.1) is 0 Å². The molecule has 26 heavy (non-hydrogen) atoms. The van der Waals surface area contributed by atoms with E-state index in [1.54, 1.807) is 12.4 Å². The van der Waals surface area contributed by atoms with E-state index in [1.807, 2.05) is 6.92 Å². The van der Waals surface area contributed by atoms with Crippen molar-refractivity contribution in [2.45, 2.75) is 30.8 Å². The largest absolute Gasteiger partial charge is 0.378 e. The second-order valence-corrected chi connectivity index (χ2v) is 8.35. The van der Waals surface area contributed by atoms with Crippen molar-refractivity contribution in [1.82, 2.24) is 24.8 Å². The number of carbonyl (C=O) groups is 1. The number of amides is 1. The predicted octanol–water partition coefficient (Wildman–Crippen LogP) is -0.140. The summed E-state index contributed by atoms with van der Waals surface area (Å²) in [6.45, 7) is 4.92. The van der Waals surface area contributed by atoms with Crippen LogP contribution in [0.3, 0.4) is 0 Å². The zero-order chi connectivity index (χ0) is 18.7. The summed E-state index contributed by atoms with van der Waals surface area (Å²) in [4.78, 5) is 18.5. The second kappa shape index (κ2) is 7.68. The molecule has 2 aromatic heterocycles. The number of nitrogens with zero attached hydrogens (tertiary/aromatic N) is 4. The number of nitrogens with one attached hydrogen (secondary N) is 1. The first-order valence-electron chi connectivity index (χ1n) is 8.49. The molecule has 0 aliphatic carbocycles. The van der Waals surface area contributed by atoms with Gasteiger partial charge in [0.15, 0.2) is 15.5 Å². The lowest BCUT2D eigenvalue weighted by Crippen LogP contribution is -2.47. The van der Waals surface area contributed by atoms with Crippen LogP contribution in [-0.2, 0) is 25.9 Å². The van der Waals surface area contributed by atoms with Crippen molar-refractivity contribution in [3.8, 4) is 0 Å². The first-order chi connectivity index (χ1) is 12.4. The molecule has 0 saturated carbocycles. The molecule has 3 heterocycles. The van der Waals surface area contributed by atoms with Gasteiger partial charge in [0.1, 0.15) is 4.90 Å². The van der Waals surface area contributed by atoms with Crippen molar-refractivity contribution >= 4 is 21.4 Å². The number of carbonyl (C=O) groups excluding carboxylic acids is 1. The summed E-state index contributed by atoms with van der Waals surface area (Å²) in [5.41, 5.74) is 1.21. The molecule has 0 spiro atoms. The zero-order valence-corrected chi connectivity index (χ0v) is 15.7. The molecule has 1 aliphatic heterocycles. The number of aromatic nitrogens is 3. The first-order valence-corrected chi connectivity index (χ1v) is 10.4. The highest BCUT2D eigenvalue weighted by Gasteiger charge is 2.25. The molecular weight excluding hydrogens is 358 g/mol. The van der Waals surface area contributed by atoms with E-state index in [0.717, 1.165) is 18.4 Å². The molecule has 3 rings (SSSR count). The molecule has 0 aromatic carbocycles. The third kappa shape index (κ3) is 4.19. The molecule has 142 valence electrons. The smallest absolute Gasteiger partial charge is 0.221 e. The Morgan fingerprint density at radius 1 is 1.42 bits per heavy atom. The summed E-state index contributed by atoms with van der Waals surface area (Å²) in [6, 6.07) is -0.00445.